The maximum absolute atomic E-state index is 14.9. The number of carbonyl (C=O) groups is 8. The van der Waals surface area contributed by atoms with E-state index in [4.69, 9.17) is 12.3 Å². The van der Waals surface area contributed by atoms with Crippen molar-refractivity contribution < 1.29 is 121 Å². The van der Waals surface area contributed by atoms with Gasteiger partial charge in [-0.3, -0.25) is 48.2 Å². The Morgan fingerprint density at radius 2 is 0.583 bits per heavy atom. The maximum Gasteiger partial charge on any atom is 0.411 e. The number of fused-ring (bicyclic) bond motifs is 4. The van der Waals surface area contributed by atoms with Crippen LogP contribution in [0.5, 0.6) is 46.0 Å². The SMILES string of the molecule is Cc1cc(C(c2ccc(O)c(N3C(=O)c4ccc(Oc5ccc6c(c5)C(=O)N(C)C6=O)cc4C3=O)c2)(C(F)(F)F)C(F)(F)F)ccc1O.[2H]Oc1ccc(C(c2ccc(O[2H])c(N3C(=O)c4ccc(Oc5ccc6c(c5)C(=O)N(C)C6=O)cc4C3=O)c2)(C(F)(F)F)C(F)(F)F)cc1C. The van der Waals surface area contributed by atoms with Crippen molar-refractivity contribution in [1.29, 1.82) is 2.86 Å². The zero-order valence-electron chi connectivity index (χ0n) is 51.0. The molecule has 30 heteroatoms. The summed E-state index contributed by atoms with van der Waals surface area (Å²) in [4.78, 5) is 106. The predicted molar refractivity (Wildman–Crippen MR) is 309 cm³/mol. The number of benzene rings is 8. The molecule has 492 valence electrons. The average molecular weight is 1340 g/mol. The number of phenolic OH excluding ortho intramolecular Hbond substituents is 4. The monoisotopic (exact) mass is 1340 g/mol. The molecule has 0 atom stereocenters. The van der Waals surface area contributed by atoms with E-state index in [0.29, 0.717) is 60.7 Å². The second kappa shape index (κ2) is 22.5. The molecule has 4 aliphatic rings. The number of ether oxygens (including phenoxy) is 2. The van der Waals surface area contributed by atoms with Crippen LogP contribution in [0.3, 0.4) is 0 Å². The number of anilines is 2. The number of halogens is 12. The quantitative estimate of drug-likeness (QED) is 0.0656. The second-order valence-electron chi connectivity index (χ2n) is 22.1. The van der Waals surface area contributed by atoms with Gasteiger partial charge in [-0.15, -0.1) is 0 Å². The Labute approximate surface area is 533 Å². The van der Waals surface area contributed by atoms with Gasteiger partial charge in [-0.25, -0.2) is 9.80 Å². The third kappa shape index (κ3) is 10.1. The molecular weight excluding hydrogens is 1300 g/mol. The van der Waals surface area contributed by atoms with Crippen molar-refractivity contribution in [3.63, 3.8) is 0 Å². The van der Waals surface area contributed by atoms with Crippen molar-refractivity contribution in [3.05, 3.63) is 223 Å². The zero-order chi connectivity index (χ0) is 71.6. The first kappa shape index (κ1) is 63.1. The molecule has 0 saturated heterocycles. The summed E-state index contributed by atoms with van der Waals surface area (Å²) in [6.07, 6.45) is -24.2. The molecule has 0 saturated carbocycles. The van der Waals surface area contributed by atoms with E-state index in [2.05, 4.69) is 10.2 Å². The first-order valence-electron chi connectivity index (χ1n) is 28.4. The standard InChI is InChI=1S/2C33H20F6N2O7/c2*1-15-11-16(3-9-25(15)42)31(32(34,35)36,33(37,38)39)17-4-10-26(43)24(12-17)41-29(46)21-8-6-19(14-23(21)30(41)47)48-18-5-7-20-22(13-18)28(45)40(2)27(20)44/h2*3-14,42-43H,1-2H3/i/hD2. The summed E-state index contributed by atoms with van der Waals surface area (Å²) in [5, 5.41) is 29.1. The van der Waals surface area contributed by atoms with Gasteiger partial charge in [0.2, 0.25) is 10.8 Å². The molecule has 0 unspecified atom stereocenters. The summed E-state index contributed by atoms with van der Waals surface area (Å²) < 4.78 is 204. The molecule has 4 N–H and O–H groups in total. The molecule has 0 radical (unpaired) electrons. The molecule has 96 heavy (non-hydrogen) atoms. The lowest BCUT2D eigenvalue weighted by Gasteiger charge is -2.39. The number of hydrogen-bond acceptors (Lipinski definition) is 14. The number of carbonyl (C=O) groups excluding carboxylic acids is 8. The Morgan fingerprint density at radius 3 is 0.906 bits per heavy atom. The molecule has 0 spiro atoms. The van der Waals surface area contributed by atoms with Crippen LogP contribution in [0, 0.1) is 13.8 Å². The number of aryl methyl sites for hydroxylation is 2. The summed E-state index contributed by atoms with van der Waals surface area (Å²) >= 11 is 0. The van der Waals surface area contributed by atoms with Gasteiger partial charge in [0.05, 0.1) is 55.9 Å². The highest BCUT2D eigenvalue weighted by Gasteiger charge is 2.74. The van der Waals surface area contributed by atoms with Crippen LogP contribution in [-0.4, -0.2) is 119 Å². The van der Waals surface area contributed by atoms with Crippen molar-refractivity contribution in [1.82, 2.24) is 9.80 Å². The van der Waals surface area contributed by atoms with Crippen LogP contribution >= 0.6 is 0 Å². The van der Waals surface area contributed by atoms with Gasteiger partial charge < -0.3 is 29.9 Å². The Kier molecular flexibility index (Phi) is 14.8. The van der Waals surface area contributed by atoms with Crippen LogP contribution in [0.2, 0.25) is 0 Å². The third-order valence-electron chi connectivity index (χ3n) is 16.5. The van der Waals surface area contributed by atoms with Crippen LogP contribution in [0.15, 0.2) is 146 Å². The Hall–Kier alpha value is -11.7. The smallest absolute Gasteiger partial charge is 0.411 e. The first-order chi connectivity index (χ1) is 45.8. The Bertz CT molecular complexity index is 4800. The number of amides is 8. The number of hydrogen-bond donors (Lipinski definition) is 4. The average Bonchev–Trinajstić information content (AvgIpc) is 0.868. The molecule has 8 aromatic rings. The molecule has 12 rings (SSSR count). The summed E-state index contributed by atoms with van der Waals surface area (Å²) in [6.45, 7) is 2.26. The zero-order valence-corrected chi connectivity index (χ0v) is 49.0. The van der Waals surface area contributed by atoms with Crippen molar-refractivity contribution in [3.8, 4) is 46.0 Å². The fraction of sp³-hybridized carbons (Fsp3) is 0.152. The summed E-state index contributed by atoms with van der Waals surface area (Å²) in [7, 11) is 2.60. The highest BCUT2D eigenvalue weighted by molar-refractivity contribution is 6.36. The molecular formula is C66H40F12N4O14. The fourth-order valence-corrected chi connectivity index (χ4v) is 11.7. The van der Waals surface area contributed by atoms with Gasteiger partial charge in [0.15, 0.2) is 0 Å². The molecule has 0 bridgehead atoms. The van der Waals surface area contributed by atoms with Gasteiger partial charge in [0, 0.05) is 14.1 Å². The van der Waals surface area contributed by atoms with E-state index in [1.54, 1.807) is 0 Å². The molecule has 4 aliphatic heterocycles. The minimum Gasteiger partial charge on any atom is -0.508 e. The van der Waals surface area contributed by atoms with Crippen molar-refractivity contribution in [2.45, 2.75) is 49.4 Å². The van der Waals surface area contributed by atoms with Crippen LogP contribution in [-0.2, 0) is 10.8 Å². The third-order valence-corrected chi connectivity index (χ3v) is 16.5. The van der Waals surface area contributed by atoms with E-state index in [1.165, 1.54) is 62.6 Å². The molecule has 8 aromatic carbocycles. The highest BCUT2D eigenvalue weighted by Crippen LogP contribution is 2.60. The lowest BCUT2D eigenvalue weighted by atomic mass is 9.72. The number of rotatable bonds is 12. The van der Waals surface area contributed by atoms with E-state index in [0.717, 1.165) is 54.0 Å². The lowest BCUT2D eigenvalue weighted by molar-refractivity contribution is -0.290. The van der Waals surface area contributed by atoms with Gasteiger partial charge in [0.1, 0.15) is 46.0 Å². The molecule has 0 fully saturated rings. The first-order valence-corrected chi connectivity index (χ1v) is 27.6. The summed E-state index contributed by atoms with van der Waals surface area (Å²) in [5.41, 5.74) is -18.2. The van der Waals surface area contributed by atoms with E-state index in [-0.39, 0.29) is 100 Å². The topological polar surface area (TPSA) is 249 Å². The fourth-order valence-electron chi connectivity index (χ4n) is 11.7. The van der Waals surface area contributed by atoms with Crippen LogP contribution < -0.4 is 19.3 Å². The lowest BCUT2D eigenvalue weighted by Crippen LogP contribution is -2.54. The van der Waals surface area contributed by atoms with E-state index < -0.39 is 134 Å². The molecule has 18 nitrogen and oxygen atoms in total. The molecule has 4 heterocycles. The number of alkyl halides is 12. The van der Waals surface area contributed by atoms with Gasteiger partial charge in [0.25, 0.3) is 50.1 Å². The van der Waals surface area contributed by atoms with E-state index in [1.807, 2.05) is 0 Å². The molecule has 0 aliphatic carbocycles. The highest BCUT2D eigenvalue weighted by atomic mass is 19.4. The number of imide groups is 4. The van der Waals surface area contributed by atoms with Crippen molar-refractivity contribution in [2.75, 3.05) is 23.9 Å². The number of nitrogens with zero attached hydrogens (tertiary/aromatic N) is 4. The summed E-state index contributed by atoms with van der Waals surface area (Å²) in [6, 6.07) is 21.1. The van der Waals surface area contributed by atoms with Gasteiger partial charge in [-0.1, -0.05) is 36.4 Å². The van der Waals surface area contributed by atoms with E-state index >= 15 is 0 Å². The van der Waals surface area contributed by atoms with Crippen LogP contribution in [0.25, 0.3) is 0 Å². The minimum atomic E-state index is -6.05. The predicted octanol–water partition coefficient (Wildman–Crippen LogP) is 13.3. The molecule has 8 amide bonds. The Balaban J connectivity index is 0.000000199. The minimum absolute atomic E-state index is 0.0457. The second-order valence-corrected chi connectivity index (χ2v) is 22.1. The normalized spacial score (nSPS) is 15.1. The van der Waals surface area contributed by atoms with Gasteiger partial charge in [-0.2, -0.15) is 52.7 Å². The van der Waals surface area contributed by atoms with Gasteiger partial charge >= 0.3 is 24.7 Å². The van der Waals surface area contributed by atoms with Crippen LogP contribution in [0.1, 0.15) is 116 Å². The molecule has 0 aromatic heterocycles. The largest absolute Gasteiger partial charge is 0.508 e. The van der Waals surface area contributed by atoms with Crippen molar-refractivity contribution >= 4 is 58.6 Å². The van der Waals surface area contributed by atoms with E-state index in [9.17, 15) is 101 Å². The van der Waals surface area contributed by atoms with Crippen LogP contribution in [0.4, 0.5) is 64.1 Å². The number of aromatic hydroxyl groups is 4. The van der Waals surface area contributed by atoms with Crippen molar-refractivity contribution in [2.24, 2.45) is 0 Å². The Morgan fingerprint density at radius 1 is 0.323 bits per heavy atom. The summed E-state index contributed by atoms with van der Waals surface area (Å²) in [5.74, 6) is -9.33. The number of phenols is 4. The van der Waals surface area contributed by atoms with Gasteiger partial charge in [-0.05, 0) is 156 Å². The maximum atomic E-state index is 14.9.